The Hall–Kier alpha value is -3.48. The second-order valence-corrected chi connectivity index (χ2v) is 5.95. The molecule has 1 aromatic heterocycles. The van der Waals surface area contributed by atoms with E-state index in [1.165, 1.54) is 18.2 Å². The zero-order chi connectivity index (χ0) is 19.2. The Bertz CT molecular complexity index is 951. The molecule has 0 saturated carbocycles. The summed E-state index contributed by atoms with van der Waals surface area (Å²) in [6, 6.07) is 15.7. The summed E-state index contributed by atoms with van der Waals surface area (Å²) < 4.78 is 19.4. The molecule has 1 N–H and O–H groups in total. The normalized spacial score (nSPS) is 10.6. The molecular formula is C20H17FN2O4. The number of furan rings is 1. The zero-order valence-electron chi connectivity index (χ0n) is 14.4. The molecule has 0 radical (unpaired) electrons. The van der Waals surface area contributed by atoms with E-state index in [1.807, 2.05) is 0 Å². The van der Waals surface area contributed by atoms with Crippen molar-refractivity contribution in [1.29, 1.82) is 0 Å². The lowest BCUT2D eigenvalue weighted by Gasteiger charge is -2.05. The van der Waals surface area contributed by atoms with Crippen LogP contribution in [0.25, 0.3) is 11.3 Å². The van der Waals surface area contributed by atoms with Gasteiger partial charge in [-0.15, -0.1) is 0 Å². The fourth-order valence-corrected chi connectivity index (χ4v) is 2.58. The van der Waals surface area contributed by atoms with E-state index in [9.17, 15) is 19.3 Å². The first-order valence-corrected chi connectivity index (χ1v) is 8.36. The molecule has 0 spiro atoms. The summed E-state index contributed by atoms with van der Waals surface area (Å²) in [5.41, 5.74) is 1.16. The van der Waals surface area contributed by atoms with Gasteiger partial charge in [-0.05, 0) is 29.8 Å². The van der Waals surface area contributed by atoms with Gasteiger partial charge < -0.3 is 9.73 Å². The van der Waals surface area contributed by atoms with Crippen LogP contribution < -0.4 is 5.32 Å². The maximum absolute atomic E-state index is 13.8. The second-order valence-electron chi connectivity index (χ2n) is 5.95. The van der Waals surface area contributed by atoms with Gasteiger partial charge in [0.05, 0.1) is 10.5 Å². The molecule has 2 aromatic carbocycles. The Morgan fingerprint density at radius 3 is 2.52 bits per heavy atom. The molecular weight excluding hydrogens is 351 g/mol. The van der Waals surface area contributed by atoms with Crippen molar-refractivity contribution in [3.63, 3.8) is 0 Å². The molecule has 0 aliphatic rings. The summed E-state index contributed by atoms with van der Waals surface area (Å²) in [6.07, 6.45) is 0.609. The van der Waals surface area contributed by atoms with Crippen LogP contribution in [0.1, 0.15) is 17.7 Å². The van der Waals surface area contributed by atoms with E-state index in [1.54, 1.807) is 42.5 Å². The Morgan fingerprint density at radius 1 is 1.07 bits per heavy atom. The maximum atomic E-state index is 13.8. The Morgan fingerprint density at radius 2 is 1.81 bits per heavy atom. The van der Waals surface area contributed by atoms with Gasteiger partial charge in [-0.2, -0.15) is 0 Å². The first-order valence-electron chi connectivity index (χ1n) is 8.36. The fraction of sp³-hybridized carbons (Fsp3) is 0.150. The van der Waals surface area contributed by atoms with Crippen molar-refractivity contribution in [2.45, 2.75) is 19.4 Å². The highest BCUT2D eigenvalue weighted by Crippen LogP contribution is 2.25. The number of amides is 1. The maximum Gasteiger partial charge on any atom is 0.269 e. The van der Waals surface area contributed by atoms with E-state index in [0.29, 0.717) is 23.5 Å². The average Bonchev–Trinajstić information content (AvgIpc) is 3.14. The third-order valence-corrected chi connectivity index (χ3v) is 4.04. The van der Waals surface area contributed by atoms with Crippen LogP contribution in [0.4, 0.5) is 10.1 Å². The number of nitrogens with one attached hydrogen (secondary N) is 1. The molecule has 7 heteroatoms. The zero-order valence-corrected chi connectivity index (χ0v) is 14.4. The fourth-order valence-electron chi connectivity index (χ4n) is 2.58. The predicted octanol–water partition coefficient (Wildman–Crippen LogP) is 4.24. The number of halogens is 1. The van der Waals surface area contributed by atoms with Crippen LogP contribution in [-0.2, 0) is 17.8 Å². The number of aryl methyl sites for hydroxylation is 1. The molecule has 0 unspecified atom stereocenters. The van der Waals surface area contributed by atoms with E-state index in [0.717, 1.165) is 5.56 Å². The van der Waals surface area contributed by atoms with Gasteiger partial charge in [0.15, 0.2) is 0 Å². The third kappa shape index (κ3) is 4.78. The van der Waals surface area contributed by atoms with Gasteiger partial charge in [0, 0.05) is 31.5 Å². The number of benzene rings is 2. The third-order valence-electron chi connectivity index (χ3n) is 4.04. The van der Waals surface area contributed by atoms with Crippen LogP contribution >= 0.6 is 0 Å². The van der Waals surface area contributed by atoms with Crippen molar-refractivity contribution in [2.24, 2.45) is 0 Å². The number of hydrogen-bond acceptors (Lipinski definition) is 4. The van der Waals surface area contributed by atoms with E-state index < -0.39 is 4.92 Å². The topological polar surface area (TPSA) is 85.4 Å². The number of nitro benzene ring substituents is 1. The smallest absolute Gasteiger partial charge is 0.269 e. The highest BCUT2D eigenvalue weighted by atomic mass is 19.1. The summed E-state index contributed by atoms with van der Waals surface area (Å²) in [6.45, 7) is 0.287. The average molecular weight is 368 g/mol. The number of nitro groups is 1. The van der Waals surface area contributed by atoms with Gasteiger partial charge in [0.2, 0.25) is 5.91 Å². The summed E-state index contributed by atoms with van der Waals surface area (Å²) in [5.74, 6) is 0.490. The van der Waals surface area contributed by atoms with Crippen molar-refractivity contribution in [3.8, 4) is 11.3 Å². The van der Waals surface area contributed by atoms with Crippen molar-refractivity contribution in [1.82, 2.24) is 5.32 Å². The molecule has 138 valence electrons. The lowest BCUT2D eigenvalue weighted by atomic mass is 10.1. The molecule has 6 nitrogen and oxygen atoms in total. The predicted molar refractivity (Wildman–Crippen MR) is 97.4 cm³/mol. The molecule has 3 rings (SSSR count). The molecule has 0 fully saturated rings. The van der Waals surface area contributed by atoms with E-state index in [4.69, 9.17) is 4.42 Å². The van der Waals surface area contributed by atoms with Gasteiger partial charge in [-0.3, -0.25) is 14.9 Å². The van der Waals surface area contributed by atoms with Crippen LogP contribution in [0.3, 0.4) is 0 Å². The van der Waals surface area contributed by atoms with E-state index in [2.05, 4.69) is 5.32 Å². The SMILES string of the molecule is O=C(CCc1ccc(-c2ccccc2F)o1)NCc1ccc([N+](=O)[O-])cc1. The van der Waals surface area contributed by atoms with E-state index >= 15 is 0 Å². The Labute approximate surface area is 154 Å². The highest BCUT2D eigenvalue weighted by Gasteiger charge is 2.11. The minimum atomic E-state index is -0.471. The molecule has 3 aromatic rings. The van der Waals surface area contributed by atoms with Crippen molar-refractivity contribution in [2.75, 3.05) is 0 Å². The van der Waals surface area contributed by atoms with Crippen molar-refractivity contribution < 1.29 is 18.5 Å². The lowest BCUT2D eigenvalue weighted by molar-refractivity contribution is -0.384. The quantitative estimate of drug-likeness (QED) is 0.499. The Balaban J connectivity index is 1.49. The highest BCUT2D eigenvalue weighted by molar-refractivity contribution is 5.76. The second kappa shape index (κ2) is 8.27. The van der Waals surface area contributed by atoms with Crippen LogP contribution in [0, 0.1) is 15.9 Å². The Kier molecular flexibility index (Phi) is 5.61. The molecule has 1 amide bonds. The number of carbonyl (C=O) groups is 1. The number of nitrogens with zero attached hydrogens (tertiary/aromatic N) is 1. The molecule has 27 heavy (non-hydrogen) atoms. The monoisotopic (exact) mass is 368 g/mol. The summed E-state index contributed by atoms with van der Waals surface area (Å²) >= 11 is 0. The van der Waals surface area contributed by atoms with Gasteiger partial charge >= 0.3 is 0 Å². The standard InChI is InChI=1S/C20H17FN2O4/c21-18-4-2-1-3-17(18)19-11-9-16(27-19)10-12-20(24)22-13-14-5-7-15(8-6-14)23(25)26/h1-9,11H,10,12-13H2,(H,22,24). The van der Waals surface area contributed by atoms with Crippen molar-refractivity contribution in [3.05, 3.63) is 87.9 Å². The summed E-state index contributed by atoms with van der Waals surface area (Å²) in [7, 11) is 0. The van der Waals surface area contributed by atoms with Gasteiger partial charge in [0.25, 0.3) is 5.69 Å². The van der Waals surface area contributed by atoms with Gasteiger partial charge in [-0.25, -0.2) is 4.39 Å². The molecule has 0 bridgehead atoms. The van der Waals surface area contributed by atoms with Gasteiger partial charge in [-0.1, -0.05) is 24.3 Å². The van der Waals surface area contributed by atoms with Crippen LogP contribution in [0.2, 0.25) is 0 Å². The van der Waals surface area contributed by atoms with Gasteiger partial charge in [0.1, 0.15) is 17.3 Å². The number of hydrogen-bond donors (Lipinski definition) is 1. The molecule has 0 aliphatic carbocycles. The first kappa shape index (κ1) is 18.3. The number of carbonyl (C=O) groups excluding carboxylic acids is 1. The van der Waals surface area contributed by atoms with Crippen molar-refractivity contribution >= 4 is 11.6 Å². The summed E-state index contributed by atoms with van der Waals surface area (Å²) in [4.78, 5) is 22.1. The number of rotatable bonds is 7. The molecule has 0 saturated heterocycles. The molecule has 0 aliphatic heterocycles. The molecule has 1 heterocycles. The largest absolute Gasteiger partial charge is 0.461 e. The minimum absolute atomic E-state index is 0.00792. The lowest BCUT2D eigenvalue weighted by Crippen LogP contribution is -2.22. The van der Waals surface area contributed by atoms with Crippen LogP contribution in [0.15, 0.2) is 65.1 Å². The first-order chi connectivity index (χ1) is 13.0. The van der Waals surface area contributed by atoms with E-state index in [-0.39, 0.29) is 30.4 Å². The molecule has 0 atom stereocenters. The minimum Gasteiger partial charge on any atom is -0.461 e. The van der Waals surface area contributed by atoms with Crippen LogP contribution in [0.5, 0.6) is 0 Å². The number of non-ortho nitro benzene ring substituents is 1. The summed E-state index contributed by atoms with van der Waals surface area (Å²) in [5, 5.41) is 13.4. The van der Waals surface area contributed by atoms with Crippen LogP contribution in [-0.4, -0.2) is 10.8 Å².